The van der Waals surface area contributed by atoms with Crippen molar-refractivity contribution in [3.63, 3.8) is 0 Å². The van der Waals surface area contributed by atoms with Crippen molar-refractivity contribution in [2.24, 2.45) is 0 Å². The van der Waals surface area contributed by atoms with Gasteiger partial charge in [0.15, 0.2) is 0 Å². The molecule has 106 valence electrons. The summed E-state index contributed by atoms with van der Waals surface area (Å²) in [4.78, 5) is 15.2. The highest BCUT2D eigenvalue weighted by Crippen LogP contribution is 2.26. The van der Waals surface area contributed by atoms with Crippen molar-refractivity contribution in [2.75, 3.05) is 0 Å². The summed E-state index contributed by atoms with van der Waals surface area (Å²) in [6.45, 7) is 4.59. The Morgan fingerprint density at radius 2 is 2.15 bits per heavy atom. The minimum atomic E-state index is 0.0434. The predicted molar refractivity (Wildman–Crippen MR) is 88.5 cm³/mol. The molecule has 2 rings (SSSR count). The molecule has 1 aromatic heterocycles. The average molecular weight is 373 g/mol. The van der Waals surface area contributed by atoms with E-state index in [0.29, 0.717) is 11.6 Å². The van der Waals surface area contributed by atoms with Gasteiger partial charge in [0, 0.05) is 22.1 Å². The lowest BCUT2D eigenvalue weighted by Gasteiger charge is -2.26. The van der Waals surface area contributed by atoms with Gasteiger partial charge >= 0.3 is 0 Å². The zero-order chi connectivity index (χ0) is 14.7. The molecule has 0 fully saturated rings. The molecule has 0 radical (unpaired) electrons. The summed E-state index contributed by atoms with van der Waals surface area (Å²) in [6, 6.07) is 9.64. The fourth-order valence-electron chi connectivity index (χ4n) is 1.90. The molecule has 2 nitrogen and oxygen atoms in total. The molecular weight excluding hydrogens is 358 g/mol. The van der Waals surface area contributed by atoms with Crippen LogP contribution in [0.1, 0.15) is 29.1 Å². The van der Waals surface area contributed by atoms with Crippen LogP contribution in [0.2, 0.25) is 5.02 Å². The molecule has 0 saturated heterocycles. The number of carbonyl (C=O) groups excluding carboxylic acids is 1. The Labute approximate surface area is 136 Å². The molecule has 0 N–H and O–H groups in total. The molecule has 0 aliphatic carbocycles. The Hall–Kier alpha value is -0.840. The summed E-state index contributed by atoms with van der Waals surface area (Å²) in [5, 5.41) is 2.60. The molecule has 2 aromatic rings. The summed E-state index contributed by atoms with van der Waals surface area (Å²) >= 11 is 10.9. The SMILES string of the molecule is CC(C)N(Cc1cccc(Cl)c1)C(=O)c1sccc1Br. The van der Waals surface area contributed by atoms with E-state index in [0.717, 1.165) is 14.9 Å². The maximum atomic E-state index is 12.6. The van der Waals surface area contributed by atoms with Crippen LogP contribution in [0.3, 0.4) is 0 Å². The number of carbonyl (C=O) groups is 1. The van der Waals surface area contributed by atoms with Gasteiger partial charge in [-0.05, 0) is 58.9 Å². The quantitative estimate of drug-likeness (QED) is 0.721. The lowest BCUT2D eigenvalue weighted by atomic mass is 10.2. The Morgan fingerprint density at radius 3 is 2.70 bits per heavy atom. The Morgan fingerprint density at radius 1 is 1.40 bits per heavy atom. The second-order valence-electron chi connectivity index (χ2n) is 4.75. The molecule has 20 heavy (non-hydrogen) atoms. The van der Waals surface area contributed by atoms with E-state index in [1.54, 1.807) is 0 Å². The molecule has 1 heterocycles. The van der Waals surface area contributed by atoms with Crippen molar-refractivity contribution in [3.05, 3.63) is 55.6 Å². The molecule has 0 spiro atoms. The highest BCUT2D eigenvalue weighted by atomic mass is 79.9. The number of hydrogen-bond donors (Lipinski definition) is 0. The van der Waals surface area contributed by atoms with Crippen LogP contribution in [0, 0.1) is 0 Å². The number of hydrogen-bond acceptors (Lipinski definition) is 2. The van der Waals surface area contributed by atoms with Crippen molar-refractivity contribution < 1.29 is 4.79 Å². The van der Waals surface area contributed by atoms with Crippen LogP contribution in [0.25, 0.3) is 0 Å². The van der Waals surface area contributed by atoms with Gasteiger partial charge in [-0.25, -0.2) is 0 Å². The maximum absolute atomic E-state index is 12.6. The number of thiophene rings is 1. The van der Waals surface area contributed by atoms with Gasteiger partial charge in [0.25, 0.3) is 5.91 Å². The van der Waals surface area contributed by atoms with Gasteiger partial charge in [-0.1, -0.05) is 23.7 Å². The van der Waals surface area contributed by atoms with Crippen LogP contribution in [-0.2, 0) is 6.54 Å². The number of nitrogens with zero attached hydrogens (tertiary/aromatic N) is 1. The second kappa shape index (κ2) is 6.74. The first-order valence-electron chi connectivity index (χ1n) is 6.27. The number of halogens is 2. The van der Waals surface area contributed by atoms with Crippen molar-refractivity contribution >= 4 is 44.8 Å². The van der Waals surface area contributed by atoms with Gasteiger partial charge in [0.2, 0.25) is 0 Å². The number of benzene rings is 1. The van der Waals surface area contributed by atoms with Crippen LogP contribution in [0.4, 0.5) is 0 Å². The van der Waals surface area contributed by atoms with Gasteiger partial charge in [-0.2, -0.15) is 0 Å². The number of rotatable bonds is 4. The van der Waals surface area contributed by atoms with E-state index in [4.69, 9.17) is 11.6 Å². The second-order valence-corrected chi connectivity index (χ2v) is 6.96. The lowest BCUT2D eigenvalue weighted by Crippen LogP contribution is -2.36. The van der Waals surface area contributed by atoms with Gasteiger partial charge < -0.3 is 4.90 Å². The first kappa shape index (κ1) is 15.5. The van der Waals surface area contributed by atoms with Crippen molar-refractivity contribution in [3.8, 4) is 0 Å². The third-order valence-electron chi connectivity index (χ3n) is 2.94. The van der Waals surface area contributed by atoms with Gasteiger partial charge in [-0.3, -0.25) is 4.79 Å². The van der Waals surface area contributed by atoms with E-state index in [1.165, 1.54) is 11.3 Å². The molecule has 0 bridgehead atoms. The van der Waals surface area contributed by atoms with E-state index in [1.807, 2.05) is 54.5 Å². The standard InChI is InChI=1S/C15H15BrClNOS/c1-10(2)18(9-11-4-3-5-12(17)8-11)15(19)14-13(16)6-7-20-14/h3-8,10H,9H2,1-2H3. The smallest absolute Gasteiger partial charge is 0.265 e. The maximum Gasteiger partial charge on any atom is 0.265 e. The minimum Gasteiger partial charge on any atom is -0.331 e. The van der Waals surface area contributed by atoms with E-state index in [-0.39, 0.29) is 11.9 Å². The van der Waals surface area contributed by atoms with Gasteiger partial charge in [-0.15, -0.1) is 11.3 Å². The normalized spacial score (nSPS) is 10.8. The highest BCUT2D eigenvalue weighted by molar-refractivity contribution is 9.10. The Kier molecular flexibility index (Phi) is 5.24. The van der Waals surface area contributed by atoms with E-state index in [9.17, 15) is 4.79 Å². The molecule has 5 heteroatoms. The van der Waals surface area contributed by atoms with E-state index < -0.39 is 0 Å². The lowest BCUT2D eigenvalue weighted by molar-refractivity contribution is 0.0694. The number of amides is 1. The molecule has 1 amide bonds. The van der Waals surface area contributed by atoms with Gasteiger partial charge in [0.05, 0.1) is 0 Å². The van der Waals surface area contributed by atoms with Crippen molar-refractivity contribution in [1.82, 2.24) is 4.90 Å². The third kappa shape index (κ3) is 3.62. The summed E-state index contributed by atoms with van der Waals surface area (Å²) in [6.07, 6.45) is 0. The molecule has 0 saturated carbocycles. The van der Waals surface area contributed by atoms with Crippen LogP contribution in [-0.4, -0.2) is 16.8 Å². The average Bonchev–Trinajstić information content (AvgIpc) is 2.81. The summed E-state index contributed by atoms with van der Waals surface area (Å²) in [7, 11) is 0. The van der Waals surface area contributed by atoms with Crippen molar-refractivity contribution in [1.29, 1.82) is 0 Å². The topological polar surface area (TPSA) is 20.3 Å². The molecule has 0 aliphatic heterocycles. The zero-order valence-electron chi connectivity index (χ0n) is 11.3. The van der Waals surface area contributed by atoms with E-state index >= 15 is 0 Å². The first-order valence-corrected chi connectivity index (χ1v) is 8.32. The fraction of sp³-hybridized carbons (Fsp3) is 0.267. The zero-order valence-corrected chi connectivity index (χ0v) is 14.4. The largest absolute Gasteiger partial charge is 0.331 e. The Bertz CT molecular complexity index is 611. The molecule has 0 aliphatic rings. The minimum absolute atomic E-state index is 0.0434. The summed E-state index contributed by atoms with van der Waals surface area (Å²) in [5.41, 5.74) is 1.03. The highest BCUT2D eigenvalue weighted by Gasteiger charge is 2.22. The molecule has 1 aromatic carbocycles. The molecule has 0 atom stereocenters. The van der Waals surface area contributed by atoms with E-state index in [2.05, 4.69) is 15.9 Å². The molecular formula is C15H15BrClNOS. The van der Waals surface area contributed by atoms with Crippen LogP contribution in [0.5, 0.6) is 0 Å². The third-order valence-corrected chi connectivity index (χ3v) is 5.00. The summed E-state index contributed by atoms with van der Waals surface area (Å²) in [5.74, 6) is 0.0434. The van der Waals surface area contributed by atoms with Gasteiger partial charge in [0.1, 0.15) is 4.88 Å². The monoisotopic (exact) mass is 371 g/mol. The summed E-state index contributed by atoms with van der Waals surface area (Å²) < 4.78 is 0.851. The first-order chi connectivity index (χ1) is 9.49. The fourth-order valence-corrected chi connectivity index (χ4v) is 3.61. The van der Waals surface area contributed by atoms with Crippen LogP contribution in [0.15, 0.2) is 40.2 Å². The van der Waals surface area contributed by atoms with Crippen LogP contribution >= 0.6 is 38.9 Å². The van der Waals surface area contributed by atoms with Crippen molar-refractivity contribution in [2.45, 2.75) is 26.4 Å². The predicted octanol–water partition coefficient (Wildman–Crippen LogP) is 5.21. The molecule has 0 unspecified atom stereocenters. The van der Waals surface area contributed by atoms with Crippen LogP contribution < -0.4 is 0 Å². The Balaban J connectivity index is 2.24.